The molecule has 1 amide bonds. The number of nitrogens with zero attached hydrogens (tertiary/aromatic N) is 1. The molecule has 0 bridgehead atoms. The first-order valence-corrected chi connectivity index (χ1v) is 4.50. The van der Waals surface area contributed by atoms with Gasteiger partial charge in [-0.2, -0.15) is 0 Å². The Kier molecular flexibility index (Phi) is 1.61. The van der Waals surface area contributed by atoms with Crippen LogP contribution in [0.3, 0.4) is 0 Å². The average Bonchev–Trinajstić information content (AvgIpc) is 2.01. The summed E-state index contributed by atoms with van der Waals surface area (Å²) in [6.45, 7) is 0. The molecule has 1 saturated heterocycles. The highest BCUT2D eigenvalue weighted by Crippen LogP contribution is 2.36. The molecule has 0 aliphatic carbocycles. The van der Waals surface area contributed by atoms with Gasteiger partial charge in [0.1, 0.15) is 6.04 Å². The predicted molar refractivity (Wildman–Crippen MR) is 43.4 cm³/mol. The van der Waals surface area contributed by atoms with Crippen LogP contribution in [-0.4, -0.2) is 33.3 Å². The van der Waals surface area contributed by atoms with Crippen molar-refractivity contribution in [3.8, 4) is 0 Å². The summed E-state index contributed by atoms with van der Waals surface area (Å²) in [6, 6.07) is -0.738. The Morgan fingerprint density at radius 3 is 3.00 bits per heavy atom. The van der Waals surface area contributed by atoms with Crippen molar-refractivity contribution >= 4 is 23.6 Å². The number of carbonyl (C=O) groups excluding carboxylic acids is 1. The van der Waals surface area contributed by atoms with E-state index in [0.717, 1.165) is 0 Å². The van der Waals surface area contributed by atoms with Crippen LogP contribution in [0.25, 0.3) is 0 Å². The Labute approximate surface area is 73.2 Å². The summed E-state index contributed by atoms with van der Waals surface area (Å²) in [5.74, 6) is -1.02. The highest BCUT2D eigenvalue weighted by atomic mass is 32.2. The number of rotatable bonds is 1. The van der Waals surface area contributed by atoms with Crippen molar-refractivity contribution in [1.82, 2.24) is 4.90 Å². The van der Waals surface area contributed by atoms with Crippen LogP contribution >= 0.6 is 11.8 Å². The SMILES string of the molecule is O=C(O)C1C=CS[C@@H]2CC(=O)N12. The number of hydrogen-bond donors (Lipinski definition) is 1. The van der Waals surface area contributed by atoms with Gasteiger partial charge in [-0.1, -0.05) is 0 Å². The Morgan fingerprint density at radius 2 is 2.50 bits per heavy atom. The average molecular weight is 185 g/mol. The Hall–Kier alpha value is -0.970. The Balaban J connectivity index is 2.22. The van der Waals surface area contributed by atoms with E-state index in [-0.39, 0.29) is 11.3 Å². The molecule has 0 aromatic heterocycles. The van der Waals surface area contributed by atoms with E-state index < -0.39 is 12.0 Å². The van der Waals surface area contributed by atoms with E-state index in [2.05, 4.69) is 0 Å². The van der Waals surface area contributed by atoms with Crippen LogP contribution < -0.4 is 0 Å². The van der Waals surface area contributed by atoms with Crippen LogP contribution in [0.5, 0.6) is 0 Å². The van der Waals surface area contributed by atoms with Crippen LogP contribution in [0.2, 0.25) is 0 Å². The molecule has 1 N–H and O–H groups in total. The lowest BCUT2D eigenvalue weighted by molar-refractivity contribution is -0.155. The fraction of sp³-hybridized carbons (Fsp3) is 0.429. The number of thioether (sulfide) groups is 1. The van der Waals surface area contributed by atoms with E-state index in [9.17, 15) is 9.59 Å². The van der Waals surface area contributed by atoms with Gasteiger partial charge in [0.15, 0.2) is 0 Å². The van der Waals surface area contributed by atoms with Crippen LogP contribution in [0.15, 0.2) is 11.5 Å². The molecule has 4 nitrogen and oxygen atoms in total. The smallest absolute Gasteiger partial charge is 0.330 e. The first kappa shape index (κ1) is 7.67. The summed E-state index contributed by atoms with van der Waals surface area (Å²) in [5.41, 5.74) is 0. The number of carboxylic acid groups (broad SMARTS) is 1. The number of aliphatic carboxylic acids is 1. The van der Waals surface area contributed by atoms with Crippen LogP contribution in [0, 0.1) is 0 Å². The normalized spacial score (nSPS) is 32.7. The van der Waals surface area contributed by atoms with Crippen molar-refractivity contribution in [1.29, 1.82) is 0 Å². The summed E-state index contributed by atoms with van der Waals surface area (Å²) in [7, 11) is 0. The van der Waals surface area contributed by atoms with Gasteiger partial charge < -0.3 is 10.0 Å². The van der Waals surface area contributed by atoms with E-state index in [1.165, 1.54) is 16.7 Å². The van der Waals surface area contributed by atoms with Crippen molar-refractivity contribution in [2.24, 2.45) is 0 Å². The molecule has 2 aliphatic heterocycles. The zero-order chi connectivity index (χ0) is 8.72. The van der Waals surface area contributed by atoms with Gasteiger partial charge in [-0.3, -0.25) is 4.79 Å². The minimum Gasteiger partial charge on any atom is -0.479 e. The van der Waals surface area contributed by atoms with E-state index in [0.29, 0.717) is 6.42 Å². The maximum atomic E-state index is 11.0. The Bertz CT molecular complexity index is 276. The summed E-state index contributed by atoms with van der Waals surface area (Å²) in [5, 5.41) is 10.5. The molecule has 2 aliphatic rings. The maximum absolute atomic E-state index is 11.0. The largest absolute Gasteiger partial charge is 0.479 e. The van der Waals surface area contributed by atoms with Crippen molar-refractivity contribution in [2.75, 3.05) is 0 Å². The van der Waals surface area contributed by atoms with Crippen molar-refractivity contribution in [2.45, 2.75) is 17.8 Å². The number of hydrogen-bond acceptors (Lipinski definition) is 3. The van der Waals surface area contributed by atoms with Crippen LogP contribution in [0.1, 0.15) is 6.42 Å². The molecular formula is C7H7NO3S. The van der Waals surface area contributed by atoms with Crippen molar-refractivity contribution in [3.05, 3.63) is 11.5 Å². The molecule has 0 saturated carbocycles. The minimum absolute atomic E-state index is 0.0589. The van der Waals surface area contributed by atoms with E-state index in [1.807, 2.05) is 0 Å². The molecule has 1 unspecified atom stereocenters. The van der Waals surface area contributed by atoms with Gasteiger partial charge in [-0.25, -0.2) is 4.79 Å². The molecule has 5 heteroatoms. The molecule has 0 radical (unpaired) electrons. The highest BCUT2D eigenvalue weighted by Gasteiger charge is 2.44. The number of β-lactam (4-membered cyclic amide) rings is 1. The molecule has 0 aromatic carbocycles. The van der Waals surface area contributed by atoms with Gasteiger partial charge in [-0.15, -0.1) is 11.8 Å². The monoisotopic (exact) mass is 185 g/mol. The van der Waals surface area contributed by atoms with E-state index in [4.69, 9.17) is 5.11 Å². The van der Waals surface area contributed by atoms with Gasteiger partial charge in [-0.05, 0) is 11.5 Å². The topological polar surface area (TPSA) is 57.6 Å². The highest BCUT2D eigenvalue weighted by molar-refractivity contribution is 8.02. The molecule has 2 rings (SSSR count). The second-order valence-corrected chi connectivity index (χ2v) is 3.80. The molecule has 12 heavy (non-hydrogen) atoms. The maximum Gasteiger partial charge on any atom is 0.330 e. The third-order valence-corrected chi connectivity index (χ3v) is 3.02. The number of fused-ring (bicyclic) bond motifs is 1. The molecule has 64 valence electrons. The fourth-order valence-electron chi connectivity index (χ4n) is 1.35. The fourth-order valence-corrected chi connectivity index (χ4v) is 2.39. The van der Waals surface area contributed by atoms with E-state index in [1.54, 1.807) is 11.5 Å². The first-order chi connectivity index (χ1) is 5.70. The first-order valence-electron chi connectivity index (χ1n) is 3.56. The second kappa shape index (κ2) is 2.52. The van der Waals surface area contributed by atoms with Gasteiger partial charge >= 0.3 is 5.97 Å². The standard InChI is InChI=1S/C7H7NO3S/c9-5-3-6-8(5)4(7(10)11)1-2-12-6/h1-2,4,6H,3H2,(H,10,11)/t4?,6-/m1/s1. The summed E-state index contributed by atoms with van der Waals surface area (Å²) >= 11 is 1.50. The second-order valence-electron chi connectivity index (χ2n) is 2.71. The lowest BCUT2D eigenvalue weighted by atomic mass is 10.1. The lowest BCUT2D eigenvalue weighted by Gasteiger charge is -2.44. The molecule has 1 fully saturated rings. The van der Waals surface area contributed by atoms with Crippen LogP contribution in [0.4, 0.5) is 0 Å². The minimum atomic E-state index is -0.954. The lowest BCUT2D eigenvalue weighted by Crippen LogP contribution is -2.58. The summed E-state index contributed by atoms with van der Waals surface area (Å²) in [6.07, 6.45) is 2.01. The quantitative estimate of drug-likeness (QED) is 0.595. The third-order valence-electron chi connectivity index (χ3n) is 2.00. The predicted octanol–water partition coefficient (Wildman–Crippen LogP) is 0.259. The molecule has 2 heterocycles. The van der Waals surface area contributed by atoms with Gasteiger partial charge in [0, 0.05) is 0 Å². The van der Waals surface area contributed by atoms with Gasteiger partial charge in [0.05, 0.1) is 11.8 Å². The van der Waals surface area contributed by atoms with Gasteiger partial charge in [0.2, 0.25) is 5.91 Å². The molecule has 0 aromatic rings. The molecular weight excluding hydrogens is 178 g/mol. The zero-order valence-electron chi connectivity index (χ0n) is 6.14. The number of carbonyl (C=O) groups is 2. The molecule has 0 spiro atoms. The van der Waals surface area contributed by atoms with Crippen molar-refractivity contribution < 1.29 is 14.7 Å². The number of amides is 1. The number of carboxylic acids is 1. The zero-order valence-corrected chi connectivity index (χ0v) is 6.95. The summed E-state index contributed by atoms with van der Waals surface area (Å²) < 4.78 is 0. The van der Waals surface area contributed by atoms with Crippen LogP contribution in [-0.2, 0) is 9.59 Å². The Morgan fingerprint density at radius 1 is 1.75 bits per heavy atom. The van der Waals surface area contributed by atoms with Crippen molar-refractivity contribution in [3.63, 3.8) is 0 Å². The third kappa shape index (κ3) is 0.929. The van der Waals surface area contributed by atoms with E-state index >= 15 is 0 Å². The summed E-state index contributed by atoms with van der Waals surface area (Å²) in [4.78, 5) is 23.0. The molecule has 2 atom stereocenters. The van der Waals surface area contributed by atoms with Gasteiger partial charge in [0.25, 0.3) is 0 Å².